The van der Waals surface area contributed by atoms with Gasteiger partial charge in [-0.25, -0.2) is 9.50 Å². The molecule has 0 bridgehead atoms. The third-order valence-electron chi connectivity index (χ3n) is 3.66. The quantitative estimate of drug-likeness (QED) is 0.758. The Kier molecular flexibility index (Phi) is 4.35. The Bertz CT molecular complexity index is 911. The summed E-state index contributed by atoms with van der Waals surface area (Å²) in [5.41, 5.74) is 2.08. The summed E-state index contributed by atoms with van der Waals surface area (Å²) < 4.78 is 2.66. The van der Waals surface area contributed by atoms with E-state index in [1.54, 1.807) is 4.52 Å². The highest BCUT2D eigenvalue weighted by atomic mass is 79.9. The Morgan fingerprint density at radius 1 is 1.35 bits per heavy atom. The summed E-state index contributed by atoms with van der Waals surface area (Å²) in [7, 11) is 0. The predicted octanol–water partition coefficient (Wildman–Crippen LogP) is 3.61. The lowest BCUT2D eigenvalue weighted by atomic mass is 10.1. The lowest BCUT2D eigenvalue weighted by Gasteiger charge is -2.06. The van der Waals surface area contributed by atoms with E-state index >= 15 is 0 Å². The summed E-state index contributed by atoms with van der Waals surface area (Å²) in [6, 6.07) is 7.72. The number of nitrogens with one attached hydrogen (secondary N) is 1. The van der Waals surface area contributed by atoms with Crippen molar-refractivity contribution in [2.45, 2.75) is 33.6 Å². The topological polar surface area (TPSA) is 63.1 Å². The molecule has 0 aliphatic rings. The fourth-order valence-electron chi connectivity index (χ4n) is 2.64. The first-order chi connectivity index (χ1) is 11.0. The summed E-state index contributed by atoms with van der Waals surface area (Å²) in [4.78, 5) is 20.1. The molecule has 6 heteroatoms. The third kappa shape index (κ3) is 3.08. The summed E-state index contributed by atoms with van der Waals surface area (Å²) in [5.74, 6) is 1.84. The van der Waals surface area contributed by atoms with Crippen LogP contribution in [0.3, 0.4) is 0 Å². The van der Waals surface area contributed by atoms with Gasteiger partial charge in [-0.1, -0.05) is 48.8 Å². The van der Waals surface area contributed by atoms with Crippen molar-refractivity contribution in [3.63, 3.8) is 0 Å². The van der Waals surface area contributed by atoms with E-state index < -0.39 is 0 Å². The number of benzene rings is 1. The molecule has 120 valence electrons. The molecule has 3 rings (SSSR count). The van der Waals surface area contributed by atoms with Gasteiger partial charge in [0.1, 0.15) is 5.82 Å². The van der Waals surface area contributed by atoms with Crippen LogP contribution in [0.15, 0.2) is 33.5 Å². The van der Waals surface area contributed by atoms with E-state index in [-0.39, 0.29) is 5.56 Å². The second kappa shape index (κ2) is 6.28. The summed E-state index contributed by atoms with van der Waals surface area (Å²) in [6.45, 7) is 6.27. The molecule has 1 N–H and O–H groups in total. The van der Waals surface area contributed by atoms with Crippen molar-refractivity contribution in [3.8, 4) is 11.4 Å². The Morgan fingerprint density at radius 2 is 2.13 bits per heavy atom. The first-order valence-corrected chi connectivity index (χ1v) is 8.55. The van der Waals surface area contributed by atoms with Crippen molar-refractivity contribution < 1.29 is 0 Å². The second-order valence-corrected chi connectivity index (χ2v) is 6.92. The van der Waals surface area contributed by atoms with Gasteiger partial charge in [-0.05, 0) is 24.5 Å². The van der Waals surface area contributed by atoms with Crippen molar-refractivity contribution in [2.24, 2.45) is 5.92 Å². The third-order valence-corrected chi connectivity index (χ3v) is 4.16. The molecule has 0 amide bonds. The molecule has 0 aliphatic heterocycles. The molecule has 0 saturated heterocycles. The molecule has 0 atom stereocenters. The molecule has 0 aliphatic carbocycles. The highest BCUT2D eigenvalue weighted by Crippen LogP contribution is 2.20. The molecular weight excluding hydrogens is 356 g/mol. The lowest BCUT2D eigenvalue weighted by molar-refractivity contribution is 0.606. The van der Waals surface area contributed by atoms with E-state index in [9.17, 15) is 4.79 Å². The van der Waals surface area contributed by atoms with E-state index in [2.05, 4.69) is 44.8 Å². The van der Waals surface area contributed by atoms with Crippen LogP contribution in [0.2, 0.25) is 0 Å². The van der Waals surface area contributed by atoms with Crippen molar-refractivity contribution in [1.82, 2.24) is 19.6 Å². The zero-order valence-electron chi connectivity index (χ0n) is 13.4. The number of nitrogens with zero attached hydrogens (tertiary/aromatic N) is 3. The number of hydrogen-bond acceptors (Lipinski definition) is 3. The van der Waals surface area contributed by atoms with Crippen LogP contribution >= 0.6 is 15.9 Å². The Morgan fingerprint density at radius 3 is 2.78 bits per heavy atom. The van der Waals surface area contributed by atoms with Gasteiger partial charge in [-0.15, -0.1) is 5.10 Å². The number of imidazole rings is 1. The smallest absolute Gasteiger partial charge is 0.277 e. The van der Waals surface area contributed by atoms with Gasteiger partial charge in [0.15, 0.2) is 11.3 Å². The number of aromatic amines is 1. The van der Waals surface area contributed by atoms with Crippen LogP contribution in [0.5, 0.6) is 0 Å². The predicted molar refractivity (Wildman–Crippen MR) is 94.7 cm³/mol. The molecule has 2 aromatic heterocycles. The SMILES string of the molecule is CCc1nc(CC(C)C)n2nc(-c3cccc(Br)c3)[nH]c(=O)c12. The molecule has 5 nitrogen and oxygen atoms in total. The molecule has 0 unspecified atom stereocenters. The minimum Gasteiger partial charge on any atom is -0.303 e. The molecule has 2 heterocycles. The van der Waals surface area contributed by atoms with Crippen LogP contribution in [0.4, 0.5) is 0 Å². The average molecular weight is 375 g/mol. The number of aromatic nitrogens is 4. The first-order valence-electron chi connectivity index (χ1n) is 7.76. The molecule has 0 fully saturated rings. The van der Waals surface area contributed by atoms with Crippen molar-refractivity contribution in [1.29, 1.82) is 0 Å². The first kappa shape index (κ1) is 15.9. The van der Waals surface area contributed by atoms with Gasteiger partial charge >= 0.3 is 0 Å². The van der Waals surface area contributed by atoms with Gasteiger partial charge in [-0.2, -0.15) is 0 Å². The van der Waals surface area contributed by atoms with Crippen molar-refractivity contribution >= 4 is 21.4 Å². The van der Waals surface area contributed by atoms with Gasteiger partial charge in [0.25, 0.3) is 5.56 Å². The van der Waals surface area contributed by atoms with Crippen LogP contribution < -0.4 is 5.56 Å². The summed E-state index contributed by atoms with van der Waals surface area (Å²) >= 11 is 3.45. The van der Waals surface area contributed by atoms with E-state index in [1.807, 2.05) is 31.2 Å². The van der Waals surface area contributed by atoms with Crippen LogP contribution in [0.25, 0.3) is 16.9 Å². The van der Waals surface area contributed by atoms with Crippen molar-refractivity contribution in [2.75, 3.05) is 0 Å². The van der Waals surface area contributed by atoms with Crippen LogP contribution in [-0.2, 0) is 12.8 Å². The van der Waals surface area contributed by atoms with E-state index in [0.717, 1.165) is 28.0 Å². The zero-order valence-corrected chi connectivity index (χ0v) is 15.0. The number of H-pyrrole nitrogens is 1. The molecular formula is C17H19BrN4O. The summed E-state index contributed by atoms with van der Waals surface area (Å²) in [6.07, 6.45) is 1.50. The van der Waals surface area contributed by atoms with Crippen molar-refractivity contribution in [3.05, 3.63) is 50.6 Å². The minimum absolute atomic E-state index is 0.144. The van der Waals surface area contributed by atoms with Gasteiger partial charge in [-0.3, -0.25) is 4.79 Å². The average Bonchev–Trinajstić information content (AvgIpc) is 2.85. The minimum atomic E-state index is -0.144. The molecule has 3 aromatic rings. The standard InChI is InChI=1S/C17H19BrN4O/c1-4-13-15-17(23)20-16(11-6-5-7-12(18)9-11)21-22(15)14(19-13)8-10(2)3/h5-7,9-10H,4,8H2,1-3H3,(H,20,21,23). The maximum Gasteiger partial charge on any atom is 0.277 e. The largest absolute Gasteiger partial charge is 0.303 e. The number of fused-ring (bicyclic) bond motifs is 1. The van der Waals surface area contributed by atoms with Crippen LogP contribution in [-0.4, -0.2) is 19.6 Å². The fourth-order valence-corrected chi connectivity index (χ4v) is 3.04. The van der Waals surface area contributed by atoms with Gasteiger partial charge in [0.2, 0.25) is 0 Å². The Balaban J connectivity index is 2.25. The molecule has 0 radical (unpaired) electrons. The van der Waals surface area contributed by atoms with Crippen LogP contribution in [0.1, 0.15) is 32.3 Å². The van der Waals surface area contributed by atoms with Gasteiger partial charge in [0.05, 0.1) is 5.69 Å². The van der Waals surface area contributed by atoms with Crippen LogP contribution in [0, 0.1) is 5.92 Å². The Hall–Kier alpha value is -1.95. The van der Waals surface area contributed by atoms with E-state index in [0.29, 0.717) is 23.7 Å². The number of aryl methyl sites for hydroxylation is 1. The summed E-state index contributed by atoms with van der Waals surface area (Å²) in [5, 5.41) is 4.65. The maximum atomic E-state index is 12.6. The van der Waals surface area contributed by atoms with E-state index in [1.165, 1.54) is 0 Å². The van der Waals surface area contributed by atoms with E-state index in [4.69, 9.17) is 0 Å². The molecule has 0 saturated carbocycles. The number of rotatable bonds is 4. The second-order valence-electron chi connectivity index (χ2n) is 6.00. The number of hydrogen-bond donors (Lipinski definition) is 1. The molecule has 23 heavy (non-hydrogen) atoms. The lowest BCUT2D eigenvalue weighted by Crippen LogP contribution is -2.16. The monoisotopic (exact) mass is 374 g/mol. The van der Waals surface area contributed by atoms with Gasteiger partial charge in [0, 0.05) is 16.5 Å². The van der Waals surface area contributed by atoms with Gasteiger partial charge < -0.3 is 4.98 Å². The highest BCUT2D eigenvalue weighted by molar-refractivity contribution is 9.10. The fraction of sp³-hybridized carbons (Fsp3) is 0.353. The molecule has 1 aromatic carbocycles. The molecule has 0 spiro atoms. The Labute approximate surface area is 142 Å². The normalized spacial score (nSPS) is 11.5. The number of halogens is 1. The zero-order chi connectivity index (χ0) is 16.6. The highest BCUT2D eigenvalue weighted by Gasteiger charge is 2.17. The maximum absolute atomic E-state index is 12.6.